The number of benzene rings is 3. The number of hydrogen-bond acceptors (Lipinski definition) is 3. The Morgan fingerprint density at radius 1 is 0.812 bits per heavy atom. The summed E-state index contributed by atoms with van der Waals surface area (Å²) < 4.78 is 13.8. The van der Waals surface area contributed by atoms with Crippen molar-refractivity contribution in [2.75, 3.05) is 26.2 Å². The number of piperazine rings is 1. The Morgan fingerprint density at radius 2 is 1.31 bits per heavy atom. The maximum absolute atomic E-state index is 13.8. The Labute approximate surface area is 189 Å². The Balaban J connectivity index is 1.38. The predicted octanol–water partition coefficient (Wildman–Crippen LogP) is 4.24. The lowest BCUT2D eigenvalue weighted by Gasteiger charge is -2.41. The fourth-order valence-corrected chi connectivity index (χ4v) is 4.41. The van der Waals surface area contributed by atoms with Gasteiger partial charge in [-0.05, 0) is 24.1 Å². The van der Waals surface area contributed by atoms with Crippen LogP contribution in [0.2, 0.25) is 0 Å². The highest BCUT2D eigenvalue weighted by atomic mass is 19.1. The molecule has 1 N–H and O–H groups in total. The van der Waals surface area contributed by atoms with Gasteiger partial charge >= 0.3 is 0 Å². The minimum Gasteiger partial charge on any atom is -0.351 e. The summed E-state index contributed by atoms with van der Waals surface area (Å²) in [6.07, 6.45) is 0. The molecule has 3 aromatic rings. The van der Waals surface area contributed by atoms with Crippen LogP contribution in [-0.4, -0.2) is 47.9 Å². The third kappa shape index (κ3) is 5.23. The summed E-state index contributed by atoms with van der Waals surface area (Å²) in [6.45, 7) is 5.51. The van der Waals surface area contributed by atoms with Gasteiger partial charge in [0.1, 0.15) is 5.82 Å². The summed E-state index contributed by atoms with van der Waals surface area (Å²) >= 11 is 0. The van der Waals surface area contributed by atoms with Gasteiger partial charge in [0.2, 0.25) is 5.91 Å². The van der Waals surface area contributed by atoms with Crippen molar-refractivity contribution >= 4 is 5.91 Å². The van der Waals surface area contributed by atoms with Crippen LogP contribution in [0, 0.1) is 5.82 Å². The zero-order valence-electron chi connectivity index (χ0n) is 18.5. The average Bonchev–Trinajstić information content (AvgIpc) is 2.85. The van der Waals surface area contributed by atoms with Crippen molar-refractivity contribution in [2.45, 2.75) is 25.6 Å². The van der Waals surface area contributed by atoms with Crippen LogP contribution < -0.4 is 5.32 Å². The van der Waals surface area contributed by atoms with Crippen LogP contribution >= 0.6 is 0 Å². The zero-order valence-corrected chi connectivity index (χ0v) is 18.5. The maximum atomic E-state index is 13.8. The van der Waals surface area contributed by atoms with Crippen LogP contribution in [0.1, 0.15) is 29.7 Å². The van der Waals surface area contributed by atoms with Gasteiger partial charge in [0.25, 0.3) is 0 Å². The first kappa shape index (κ1) is 22.2. The van der Waals surface area contributed by atoms with Crippen molar-refractivity contribution in [3.8, 4) is 0 Å². The molecule has 0 bridgehead atoms. The third-order valence-electron chi connectivity index (χ3n) is 6.28. The van der Waals surface area contributed by atoms with E-state index >= 15 is 0 Å². The molecule has 4 rings (SSSR count). The zero-order chi connectivity index (χ0) is 22.3. The van der Waals surface area contributed by atoms with Gasteiger partial charge in [0, 0.05) is 38.3 Å². The first-order chi connectivity index (χ1) is 15.6. The molecule has 0 radical (unpaired) electrons. The maximum Gasteiger partial charge on any atom is 0.237 e. The van der Waals surface area contributed by atoms with Crippen molar-refractivity contribution in [1.82, 2.24) is 15.1 Å². The molecule has 1 heterocycles. The molecule has 5 heteroatoms. The third-order valence-corrected chi connectivity index (χ3v) is 6.28. The number of carbonyl (C=O) groups excluding carboxylic acids is 1. The second kappa shape index (κ2) is 10.5. The highest BCUT2D eigenvalue weighted by Gasteiger charge is 2.30. The van der Waals surface area contributed by atoms with E-state index in [9.17, 15) is 9.18 Å². The summed E-state index contributed by atoms with van der Waals surface area (Å²) in [4.78, 5) is 17.4. The van der Waals surface area contributed by atoms with Crippen molar-refractivity contribution in [3.63, 3.8) is 0 Å². The Hall–Kier alpha value is -3.02. The molecule has 1 atom stereocenters. The molecule has 0 aromatic heterocycles. The van der Waals surface area contributed by atoms with E-state index in [1.54, 1.807) is 18.2 Å². The fraction of sp³-hybridized carbons (Fsp3) is 0.296. The Bertz CT molecular complexity index is 964. The van der Waals surface area contributed by atoms with Crippen molar-refractivity contribution in [3.05, 3.63) is 107 Å². The van der Waals surface area contributed by atoms with Crippen LogP contribution in [0.15, 0.2) is 84.9 Å². The van der Waals surface area contributed by atoms with Crippen molar-refractivity contribution in [1.29, 1.82) is 0 Å². The van der Waals surface area contributed by atoms with Crippen LogP contribution in [0.4, 0.5) is 4.39 Å². The van der Waals surface area contributed by atoms with E-state index in [2.05, 4.69) is 63.6 Å². The molecule has 1 aliphatic heterocycles. The molecule has 1 amide bonds. The van der Waals surface area contributed by atoms with Gasteiger partial charge in [0.15, 0.2) is 0 Å². The number of carbonyl (C=O) groups is 1. The van der Waals surface area contributed by atoms with E-state index in [1.807, 2.05) is 19.1 Å². The molecular formula is C27H30FN3O. The molecular weight excluding hydrogens is 401 g/mol. The summed E-state index contributed by atoms with van der Waals surface area (Å²) in [5.74, 6) is -0.355. The van der Waals surface area contributed by atoms with Gasteiger partial charge in [-0.15, -0.1) is 0 Å². The van der Waals surface area contributed by atoms with Gasteiger partial charge in [-0.25, -0.2) is 4.39 Å². The highest BCUT2D eigenvalue weighted by Crippen LogP contribution is 2.29. The molecule has 4 nitrogen and oxygen atoms in total. The van der Waals surface area contributed by atoms with Crippen LogP contribution in [0.5, 0.6) is 0 Å². The normalized spacial score (nSPS) is 16.1. The lowest BCUT2D eigenvalue weighted by Crippen LogP contribution is -2.54. The molecule has 1 aliphatic rings. The van der Waals surface area contributed by atoms with Crippen LogP contribution in [0.25, 0.3) is 0 Å². The predicted molar refractivity (Wildman–Crippen MR) is 126 cm³/mol. The monoisotopic (exact) mass is 431 g/mol. The molecule has 166 valence electrons. The summed E-state index contributed by atoms with van der Waals surface area (Å²) in [6, 6.07) is 27.7. The first-order valence-electron chi connectivity index (χ1n) is 11.2. The minimum atomic E-state index is -0.290. The van der Waals surface area contributed by atoms with E-state index in [-0.39, 0.29) is 30.4 Å². The van der Waals surface area contributed by atoms with E-state index in [1.165, 1.54) is 17.2 Å². The lowest BCUT2D eigenvalue weighted by molar-refractivity contribution is -0.126. The van der Waals surface area contributed by atoms with Crippen molar-refractivity contribution < 1.29 is 9.18 Å². The smallest absolute Gasteiger partial charge is 0.237 e. The lowest BCUT2D eigenvalue weighted by atomic mass is 9.96. The molecule has 1 saturated heterocycles. The van der Waals surface area contributed by atoms with E-state index in [0.29, 0.717) is 5.56 Å². The molecule has 0 saturated carbocycles. The number of nitrogens with one attached hydrogen (secondary N) is 1. The number of nitrogens with zero attached hydrogens (tertiary/aromatic N) is 2. The first-order valence-corrected chi connectivity index (χ1v) is 11.2. The van der Waals surface area contributed by atoms with Gasteiger partial charge < -0.3 is 5.32 Å². The largest absolute Gasteiger partial charge is 0.351 e. The van der Waals surface area contributed by atoms with E-state index in [4.69, 9.17) is 0 Å². The molecule has 3 aromatic carbocycles. The molecule has 1 unspecified atom stereocenters. The summed E-state index contributed by atoms with van der Waals surface area (Å²) in [5, 5.41) is 2.89. The summed E-state index contributed by atoms with van der Waals surface area (Å²) in [7, 11) is 0. The highest BCUT2D eigenvalue weighted by molar-refractivity contribution is 5.81. The Morgan fingerprint density at radius 3 is 1.88 bits per heavy atom. The molecule has 0 aliphatic carbocycles. The molecule has 32 heavy (non-hydrogen) atoms. The number of amides is 1. The SMILES string of the molecule is CC(C(=O)NCc1ccccc1F)N1CCN(C(c2ccccc2)c2ccccc2)CC1. The van der Waals surface area contributed by atoms with Crippen LogP contribution in [-0.2, 0) is 11.3 Å². The second-order valence-corrected chi connectivity index (χ2v) is 8.28. The molecule has 0 spiro atoms. The number of rotatable bonds is 7. The summed E-state index contributed by atoms with van der Waals surface area (Å²) in [5.41, 5.74) is 3.07. The standard InChI is InChI=1S/C27H30FN3O/c1-21(27(32)29-20-24-14-8-9-15-25(24)28)30-16-18-31(19-17-30)26(22-10-4-2-5-11-22)23-12-6-3-7-13-23/h2-15,21,26H,16-20H2,1H3,(H,29,32). The number of halogens is 1. The van der Waals surface area contributed by atoms with Gasteiger partial charge in [0.05, 0.1) is 12.1 Å². The van der Waals surface area contributed by atoms with Gasteiger partial charge in [-0.1, -0.05) is 78.9 Å². The average molecular weight is 432 g/mol. The molecule has 1 fully saturated rings. The van der Waals surface area contributed by atoms with E-state index in [0.717, 1.165) is 26.2 Å². The fourth-order valence-electron chi connectivity index (χ4n) is 4.41. The van der Waals surface area contributed by atoms with Gasteiger partial charge in [-0.3, -0.25) is 14.6 Å². The Kier molecular flexibility index (Phi) is 7.30. The van der Waals surface area contributed by atoms with Gasteiger partial charge in [-0.2, -0.15) is 0 Å². The quantitative estimate of drug-likeness (QED) is 0.608. The van der Waals surface area contributed by atoms with E-state index < -0.39 is 0 Å². The minimum absolute atomic E-state index is 0.0654. The topological polar surface area (TPSA) is 35.6 Å². The second-order valence-electron chi connectivity index (χ2n) is 8.28. The number of hydrogen-bond donors (Lipinski definition) is 1. The van der Waals surface area contributed by atoms with Crippen LogP contribution in [0.3, 0.4) is 0 Å². The van der Waals surface area contributed by atoms with Crippen molar-refractivity contribution in [2.24, 2.45) is 0 Å².